The summed E-state index contributed by atoms with van der Waals surface area (Å²) in [7, 11) is 2.08. The van der Waals surface area contributed by atoms with E-state index in [0.29, 0.717) is 35.1 Å². The summed E-state index contributed by atoms with van der Waals surface area (Å²) in [6.07, 6.45) is 2.36. The van der Waals surface area contributed by atoms with Crippen molar-refractivity contribution >= 4 is 107 Å². The van der Waals surface area contributed by atoms with Gasteiger partial charge >= 0.3 is 0 Å². The Labute approximate surface area is 517 Å². The first kappa shape index (κ1) is 65.1. The molecule has 1 fully saturated rings. The van der Waals surface area contributed by atoms with Gasteiger partial charge in [0.2, 0.25) is 53.2 Å². The Balaban J connectivity index is 1.16. The van der Waals surface area contributed by atoms with Gasteiger partial charge in [0, 0.05) is 61.2 Å². The molecule has 9 amide bonds. The molecule has 1 aromatic heterocycles. The molecule has 8 atom stereocenters. The Hall–Kier alpha value is -8.93. The second kappa shape index (κ2) is 31.1. The zero-order valence-corrected chi connectivity index (χ0v) is 50.8. The summed E-state index contributed by atoms with van der Waals surface area (Å²) >= 11 is 0. The van der Waals surface area contributed by atoms with Crippen molar-refractivity contribution in [1.29, 1.82) is 0 Å². The third kappa shape index (κ3) is 18.1. The van der Waals surface area contributed by atoms with Crippen molar-refractivity contribution in [2.45, 2.75) is 114 Å². The van der Waals surface area contributed by atoms with Gasteiger partial charge in [-0.05, 0) is 93.7 Å². The molecule has 462 valence electrons. The number of carbonyl (C=O) groups excluding carboxylic acids is 9. The van der Waals surface area contributed by atoms with Crippen LogP contribution in [0.4, 0.5) is 0 Å². The number of rotatable bonds is 19. The second-order valence-corrected chi connectivity index (χ2v) is 24.9. The molecule has 14 N–H and O–H groups in total. The number of benzene rings is 6. The number of nitrogens with two attached hydrogens (primary N) is 2. The van der Waals surface area contributed by atoms with Crippen molar-refractivity contribution in [2.24, 2.45) is 17.4 Å². The van der Waals surface area contributed by atoms with Gasteiger partial charge in [-0.3, -0.25) is 43.2 Å². The minimum absolute atomic E-state index is 0.00163. The van der Waals surface area contributed by atoms with E-state index in [-0.39, 0.29) is 55.9 Å². The lowest BCUT2D eigenvalue weighted by atomic mass is 9.99. The number of H-pyrrole nitrogens is 1. The molecule has 21 nitrogen and oxygen atoms in total. The van der Waals surface area contributed by atoms with Gasteiger partial charge in [0.25, 0.3) is 0 Å². The van der Waals surface area contributed by atoms with E-state index in [0.717, 1.165) is 54.0 Å². The average molecular weight is 1230 g/mol. The summed E-state index contributed by atoms with van der Waals surface area (Å²) in [5.74, 6) is -7.95. The maximum atomic E-state index is 15.1. The SMILES string of the molecule is CC(=O)N[C@@H](Cc1ccc2ccccc2c1)C(=O)N[C@@H]1CSSC[C@@H](C(=O)N[C@@H](Cc2ccc3ccccc3c2)C(N)=O)NC(=O)[C@H](C(C)C)NC(=O)[C@H](CCCCN)NC(=O)[C@@H](Cc2c[nH]c3ccccc23)NC(=O)[C@H](Cc2ccc(O)cc2)NC1=O. The normalized spacial score (nSPS) is 19.9. The van der Waals surface area contributed by atoms with Crippen LogP contribution in [0.1, 0.15) is 62.3 Å². The van der Waals surface area contributed by atoms with Crippen LogP contribution in [-0.2, 0) is 68.8 Å². The molecule has 1 saturated heterocycles. The highest BCUT2D eigenvalue weighted by molar-refractivity contribution is 8.76. The van der Waals surface area contributed by atoms with Crippen LogP contribution in [0.15, 0.2) is 140 Å². The van der Waals surface area contributed by atoms with E-state index in [1.807, 2.05) is 109 Å². The molecule has 7 aromatic rings. The first-order chi connectivity index (χ1) is 42.3. The van der Waals surface area contributed by atoms with E-state index < -0.39 is 107 Å². The first-order valence-electron chi connectivity index (χ1n) is 29.2. The van der Waals surface area contributed by atoms with Crippen LogP contribution in [0.2, 0.25) is 0 Å². The topological polar surface area (TPSA) is 338 Å². The quantitative estimate of drug-likeness (QED) is 0.0403. The molecule has 0 unspecified atom stereocenters. The molecule has 2 heterocycles. The van der Waals surface area contributed by atoms with Crippen molar-refractivity contribution < 1.29 is 48.3 Å². The van der Waals surface area contributed by atoms with Gasteiger partial charge in [0.1, 0.15) is 54.1 Å². The molecular formula is C65H75N11O10S2. The monoisotopic (exact) mass is 1230 g/mol. The molecule has 1 aliphatic rings. The predicted octanol–water partition coefficient (Wildman–Crippen LogP) is 4.01. The number of aromatic hydroxyl groups is 1. The van der Waals surface area contributed by atoms with E-state index in [9.17, 15) is 38.7 Å². The Morgan fingerprint density at radius 3 is 1.78 bits per heavy atom. The van der Waals surface area contributed by atoms with Crippen molar-refractivity contribution in [3.63, 3.8) is 0 Å². The summed E-state index contributed by atoms with van der Waals surface area (Å²) in [5, 5.41) is 37.1. The van der Waals surface area contributed by atoms with Crippen molar-refractivity contribution in [3.05, 3.63) is 162 Å². The third-order valence-electron chi connectivity index (χ3n) is 15.2. The molecule has 23 heteroatoms. The predicted molar refractivity (Wildman–Crippen MR) is 342 cm³/mol. The van der Waals surface area contributed by atoms with Gasteiger partial charge in [-0.1, -0.05) is 151 Å². The third-order valence-corrected chi connectivity index (χ3v) is 17.7. The van der Waals surface area contributed by atoms with Gasteiger partial charge in [-0.2, -0.15) is 0 Å². The van der Waals surface area contributed by atoms with Crippen LogP contribution in [0.25, 0.3) is 32.4 Å². The molecule has 0 radical (unpaired) electrons. The highest BCUT2D eigenvalue weighted by Crippen LogP contribution is 2.26. The fourth-order valence-electron chi connectivity index (χ4n) is 10.5. The summed E-state index contributed by atoms with van der Waals surface area (Å²) in [6, 6.07) is 29.1. The van der Waals surface area contributed by atoms with Crippen LogP contribution in [0.3, 0.4) is 0 Å². The Bertz CT molecular complexity index is 3660. The first-order valence-corrected chi connectivity index (χ1v) is 31.7. The number of nitrogens with one attached hydrogen (secondary N) is 9. The van der Waals surface area contributed by atoms with E-state index >= 15 is 9.59 Å². The number of carbonyl (C=O) groups is 9. The molecule has 8 rings (SSSR count). The van der Waals surface area contributed by atoms with Crippen LogP contribution >= 0.6 is 21.6 Å². The van der Waals surface area contributed by atoms with Gasteiger partial charge in [0.15, 0.2) is 0 Å². The Kier molecular flexibility index (Phi) is 23.0. The fraction of sp³-hybridized carbons (Fsp3) is 0.338. The smallest absolute Gasteiger partial charge is 0.244 e. The van der Waals surface area contributed by atoms with Gasteiger partial charge in [-0.15, -0.1) is 0 Å². The lowest BCUT2D eigenvalue weighted by Gasteiger charge is -2.29. The zero-order valence-electron chi connectivity index (χ0n) is 49.1. The van der Waals surface area contributed by atoms with Crippen molar-refractivity contribution in [2.75, 3.05) is 18.1 Å². The number of phenolic OH excluding ortho intramolecular Hbond substituents is 1. The summed E-state index contributed by atoms with van der Waals surface area (Å²) in [4.78, 5) is 133. The van der Waals surface area contributed by atoms with Gasteiger partial charge in [-0.25, -0.2) is 0 Å². The number of fused-ring (bicyclic) bond motifs is 3. The van der Waals surface area contributed by atoms with Crippen LogP contribution in [0, 0.1) is 5.92 Å². The summed E-state index contributed by atoms with van der Waals surface area (Å²) < 4.78 is 0. The largest absolute Gasteiger partial charge is 0.508 e. The number of aromatic amines is 1. The zero-order chi connectivity index (χ0) is 62.9. The highest BCUT2D eigenvalue weighted by atomic mass is 33.1. The molecule has 1 aliphatic heterocycles. The number of unbranched alkanes of at least 4 members (excludes halogenated alkanes) is 1. The van der Waals surface area contributed by atoms with Gasteiger partial charge in [0.05, 0.1) is 0 Å². The number of amides is 9. The van der Waals surface area contributed by atoms with E-state index in [1.54, 1.807) is 32.2 Å². The fourth-order valence-corrected chi connectivity index (χ4v) is 12.8. The molecule has 0 spiro atoms. The molecule has 0 bridgehead atoms. The van der Waals surface area contributed by atoms with E-state index in [1.165, 1.54) is 19.1 Å². The molecule has 88 heavy (non-hydrogen) atoms. The minimum Gasteiger partial charge on any atom is -0.508 e. The Morgan fingerprint density at radius 1 is 0.602 bits per heavy atom. The maximum Gasteiger partial charge on any atom is 0.244 e. The van der Waals surface area contributed by atoms with Crippen molar-refractivity contribution in [3.8, 4) is 5.75 Å². The van der Waals surface area contributed by atoms with E-state index in [4.69, 9.17) is 11.5 Å². The van der Waals surface area contributed by atoms with Crippen LogP contribution < -0.4 is 54.0 Å². The second-order valence-electron chi connectivity index (χ2n) is 22.3. The lowest BCUT2D eigenvalue weighted by molar-refractivity contribution is -0.136. The highest BCUT2D eigenvalue weighted by Gasteiger charge is 2.37. The van der Waals surface area contributed by atoms with Crippen LogP contribution in [-0.4, -0.2) is 130 Å². The van der Waals surface area contributed by atoms with Gasteiger partial charge < -0.3 is 64.1 Å². The molecule has 6 aromatic carbocycles. The van der Waals surface area contributed by atoms with Crippen LogP contribution in [0.5, 0.6) is 5.75 Å². The number of hydrogen-bond acceptors (Lipinski definition) is 13. The number of phenols is 1. The lowest BCUT2D eigenvalue weighted by Crippen LogP contribution is -2.62. The molecule has 0 aliphatic carbocycles. The summed E-state index contributed by atoms with van der Waals surface area (Å²) in [5.41, 5.74) is 15.1. The number of hydrogen-bond donors (Lipinski definition) is 12. The minimum atomic E-state index is -1.46. The summed E-state index contributed by atoms with van der Waals surface area (Å²) in [6.45, 7) is 4.92. The maximum absolute atomic E-state index is 15.1. The number of primary amides is 1. The standard InChI is InChI=1S/C65H75N11O10S2/c1-37(2)57-65(86)75-56(63(84)71-51(58(67)79)31-40-19-23-42-12-4-6-14-44(42)28-40)36-88-87-35-55(74-60(81)52(69-38(3)77)32-41-20-24-43-13-5-7-15-45(43)29-41)64(85)72-53(30-39-21-25-47(78)26-22-39)61(82)73-54(33-46-34-68-49-17-9-8-16-48(46)49)62(83)70-50(59(80)76-57)18-10-11-27-66/h4-9,12-17,19-26,28-29,34,37,50-57,68,78H,10-11,18,27,30-33,35-36,66H2,1-3H3,(H2,67,79)(H,69,77)(H,70,83)(H,71,84)(H,72,85)(H,73,82)(H,74,81)(H,75,86)(H,76,80)/t50-,51-,52-,53-,54+,55+,56-,57-/m0/s1. The molecular weight excluding hydrogens is 1160 g/mol. The Morgan fingerprint density at radius 2 is 1.16 bits per heavy atom. The average Bonchev–Trinajstić information content (AvgIpc) is 3.54. The van der Waals surface area contributed by atoms with E-state index in [2.05, 4.69) is 47.5 Å². The number of aromatic nitrogens is 1. The van der Waals surface area contributed by atoms with Crippen molar-refractivity contribution in [1.82, 2.24) is 47.5 Å². The number of para-hydroxylation sites is 1. The molecule has 0 saturated carbocycles.